The molecule has 2 rings (SSSR count). The van der Waals surface area contributed by atoms with Crippen LogP contribution in [0, 0.1) is 11.3 Å². The standard InChI is InChI=1S/C17H15Cl2N3O/c1-11(15-7-4-13(18)8-16(15)19)22-17(23)10-21-14-5-2-12(9-20)3-6-14/h2-8,11,21H,10H2,1H3,(H,22,23)/t11-/m0/s1. The van der Waals surface area contributed by atoms with Gasteiger partial charge in [0.25, 0.3) is 0 Å². The first-order valence-electron chi connectivity index (χ1n) is 6.98. The van der Waals surface area contributed by atoms with E-state index in [1.165, 1.54) is 0 Å². The van der Waals surface area contributed by atoms with Crippen molar-refractivity contribution in [2.24, 2.45) is 0 Å². The molecule has 4 nitrogen and oxygen atoms in total. The molecule has 0 spiro atoms. The zero-order chi connectivity index (χ0) is 16.8. The highest BCUT2D eigenvalue weighted by atomic mass is 35.5. The van der Waals surface area contributed by atoms with Gasteiger partial charge in [0, 0.05) is 15.7 Å². The minimum Gasteiger partial charge on any atom is -0.376 e. The van der Waals surface area contributed by atoms with Gasteiger partial charge in [-0.3, -0.25) is 4.79 Å². The first-order valence-corrected chi connectivity index (χ1v) is 7.73. The quantitative estimate of drug-likeness (QED) is 0.853. The van der Waals surface area contributed by atoms with Crippen molar-refractivity contribution in [3.05, 3.63) is 63.6 Å². The van der Waals surface area contributed by atoms with Crippen LogP contribution in [0.25, 0.3) is 0 Å². The Labute approximate surface area is 145 Å². The summed E-state index contributed by atoms with van der Waals surface area (Å²) in [6.45, 7) is 1.98. The van der Waals surface area contributed by atoms with Crippen molar-refractivity contribution in [2.75, 3.05) is 11.9 Å². The number of anilines is 1. The second-order valence-corrected chi connectivity index (χ2v) is 5.84. The molecule has 0 bridgehead atoms. The Morgan fingerprint density at radius 1 is 1.22 bits per heavy atom. The zero-order valence-corrected chi connectivity index (χ0v) is 13.9. The lowest BCUT2D eigenvalue weighted by Gasteiger charge is -2.16. The van der Waals surface area contributed by atoms with Gasteiger partial charge < -0.3 is 10.6 Å². The van der Waals surface area contributed by atoms with Gasteiger partial charge in [-0.05, 0) is 48.9 Å². The van der Waals surface area contributed by atoms with Crippen LogP contribution in [0.3, 0.4) is 0 Å². The van der Waals surface area contributed by atoms with Gasteiger partial charge in [-0.2, -0.15) is 5.26 Å². The summed E-state index contributed by atoms with van der Waals surface area (Å²) in [6, 6.07) is 13.9. The number of nitriles is 1. The molecule has 0 radical (unpaired) electrons. The Morgan fingerprint density at radius 2 is 1.91 bits per heavy atom. The van der Waals surface area contributed by atoms with Crippen LogP contribution < -0.4 is 10.6 Å². The number of hydrogen-bond acceptors (Lipinski definition) is 3. The van der Waals surface area contributed by atoms with Crippen LogP contribution in [0.1, 0.15) is 24.1 Å². The van der Waals surface area contributed by atoms with Crippen LogP contribution >= 0.6 is 23.2 Å². The third kappa shape index (κ3) is 4.88. The van der Waals surface area contributed by atoms with Crippen LogP contribution in [0.5, 0.6) is 0 Å². The molecule has 0 aliphatic rings. The number of benzene rings is 2. The predicted molar refractivity (Wildman–Crippen MR) is 92.7 cm³/mol. The monoisotopic (exact) mass is 347 g/mol. The molecule has 6 heteroatoms. The summed E-state index contributed by atoms with van der Waals surface area (Å²) in [5, 5.41) is 15.7. The maximum atomic E-state index is 12.0. The summed E-state index contributed by atoms with van der Waals surface area (Å²) in [4.78, 5) is 12.0. The molecule has 1 amide bonds. The van der Waals surface area contributed by atoms with Crippen molar-refractivity contribution in [2.45, 2.75) is 13.0 Å². The van der Waals surface area contributed by atoms with E-state index in [-0.39, 0.29) is 18.5 Å². The van der Waals surface area contributed by atoms with Crippen LogP contribution in [-0.4, -0.2) is 12.5 Å². The van der Waals surface area contributed by atoms with Gasteiger partial charge in [-0.15, -0.1) is 0 Å². The van der Waals surface area contributed by atoms with Gasteiger partial charge >= 0.3 is 0 Å². The summed E-state index contributed by atoms with van der Waals surface area (Å²) in [7, 11) is 0. The molecule has 0 aliphatic carbocycles. The Kier molecular flexibility index (Phi) is 5.86. The zero-order valence-electron chi connectivity index (χ0n) is 12.4. The topological polar surface area (TPSA) is 64.9 Å². The second-order valence-electron chi connectivity index (χ2n) is 5.00. The molecule has 0 unspecified atom stereocenters. The minimum absolute atomic E-state index is 0.126. The molecule has 118 valence electrons. The number of rotatable bonds is 5. The Bertz CT molecular complexity index is 738. The first kappa shape index (κ1) is 17.1. The molecular weight excluding hydrogens is 333 g/mol. The number of halogens is 2. The molecular formula is C17H15Cl2N3O. The molecule has 0 aliphatic heterocycles. The highest BCUT2D eigenvalue weighted by Gasteiger charge is 2.12. The van der Waals surface area contributed by atoms with E-state index >= 15 is 0 Å². The van der Waals surface area contributed by atoms with Crippen LogP contribution in [0.2, 0.25) is 10.0 Å². The maximum Gasteiger partial charge on any atom is 0.239 e. The second kappa shape index (κ2) is 7.87. The number of nitrogens with zero attached hydrogens (tertiary/aromatic N) is 1. The van der Waals surface area contributed by atoms with Crippen molar-refractivity contribution < 1.29 is 4.79 Å². The summed E-state index contributed by atoms with van der Waals surface area (Å²) in [6.07, 6.45) is 0. The molecule has 0 fully saturated rings. The van der Waals surface area contributed by atoms with Gasteiger partial charge in [0.05, 0.1) is 24.2 Å². The largest absolute Gasteiger partial charge is 0.376 e. The minimum atomic E-state index is -0.227. The maximum absolute atomic E-state index is 12.0. The van der Waals surface area contributed by atoms with Crippen molar-refractivity contribution in [3.8, 4) is 6.07 Å². The van der Waals surface area contributed by atoms with E-state index in [1.807, 2.05) is 13.0 Å². The average Bonchev–Trinajstić information content (AvgIpc) is 2.53. The van der Waals surface area contributed by atoms with E-state index in [2.05, 4.69) is 10.6 Å². The lowest BCUT2D eigenvalue weighted by molar-refractivity contribution is -0.120. The van der Waals surface area contributed by atoms with Gasteiger partial charge in [-0.1, -0.05) is 29.3 Å². The summed E-state index contributed by atoms with van der Waals surface area (Å²) >= 11 is 12.0. The number of hydrogen-bond donors (Lipinski definition) is 2. The molecule has 0 heterocycles. The van der Waals surface area contributed by atoms with Crippen LogP contribution in [-0.2, 0) is 4.79 Å². The van der Waals surface area contributed by atoms with Crippen molar-refractivity contribution in [1.29, 1.82) is 5.26 Å². The SMILES string of the molecule is C[C@H](NC(=O)CNc1ccc(C#N)cc1)c1ccc(Cl)cc1Cl. The number of carbonyl (C=O) groups is 1. The lowest BCUT2D eigenvalue weighted by atomic mass is 10.1. The fraction of sp³-hybridized carbons (Fsp3) is 0.176. The Balaban J connectivity index is 1.89. The van der Waals surface area contributed by atoms with Gasteiger partial charge in [-0.25, -0.2) is 0 Å². The lowest BCUT2D eigenvalue weighted by Crippen LogP contribution is -2.32. The fourth-order valence-corrected chi connectivity index (χ4v) is 2.64. The number of amides is 1. The average molecular weight is 348 g/mol. The normalized spacial score (nSPS) is 11.4. The van der Waals surface area contributed by atoms with Crippen LogP contribution in [0.4, 0.5) is 5.69 Å². The number of carbonyl (C=O) groups excluding carboxylic acids is 1. The molecule has 23 heavy (non-hydrogen) atoms. The molecule has 1 atom stereocenters. The summed E-state index contributed by atoms with van der Waals surface area (Å²) in [5.41, 5.74) is 2.16. The highest BCUT2D eigenvalue weighted by molar-refractivity contribution is 6.35. The predicted octanol–water partition coefficient (Wildman–Crippen LogP) is 4.15. The van der Waals surface area contributed by atoms with E-state index in [0.29, 0.717) is 15.6 Å². The fourth-order valence-electron chi connectivity index (χ4n) is 2.07. The summed E-state index contributed by atoms with van der Waals surface area (Å²) < 4.78 is 0. The van der Waals surface area contributed by atoms with Crippen molar-refractivity contribution in [1.82, 2.24) is 5.32 Å². The molecule has 2 N–H and O–H groups in total. The van der Waals surface area contributed by atoms with Crippen LogP contribution in [0.15, 0.2) is 42.5 Å². The third-order valence-electron chi connectivity index (χ3n) is 3.27. The van der Waals surface area contributed by atoms with Gasteiger partial charge in [0.15, 0.2) is 0 Å². The third-order valence-corrected chi connectivity index (χ3v) is 3.84. The smallest absolute Gasteiger partial charge is 0.239 e. The Morgan fingerprint density at radius 3 is 2.52 bits per heavy atom. The van der Waals surface area contributed by atoms with Crippen molar-refractivity contribution in [3.63, 3.8) is 0 Å². The van der Waals surface area contributed by atoms with E-state index in [9.17, 15) is 4.79 Å². The van der Waals surface area contributed by atoms with E-state index < -0.39 is 0 Å². The van der Waals surface area contributed by atoms with Gasteiger partial charge in [0.1, 0.15) is 0 Å². The van der Waals surface area contributed by atoms with E-state index in [4.69, 9.17) is 28.5 Å². The first-order chi connectivity index (χ1) is 11.0. The molecule has 0 saturated carbocycles. The van der Waals surface area contributed by atoms with Crippen molar-refractivity contribution >= 4 is 34.8 Å². The molecule has 2 aromatic carbocycles. The Hall–Kier alpha value is -2.22. The van der Waals surface area contributed by atoms with E-state index in [0.717, 1.165) is 11.3 Å². The van der Waals surface area contributed by atoms with E-state index in [1.54, 1.807) is 42.5 Å². The van der Waals surface area contributed by atoms with Gasteiger partial charge in [0.2, 0.25) is 5.91 Å². The molecule has 0 saturated heterocycles. The number of nitrogens with one attached hydrogen (secondary N) is 2. The molecule has 0 aromatic heterocycles. The molecule has 2 aromatic rings. The summed E-state index contributed by atoms with van der Waals surface area (Å²) in [5.74, 6) is -0.159. The highest BCUT2D eigenvalue weighted by Crippen LogP contribution is 2.25.